The lowest BCUT2D eigenvalue weighted by Gasteiger charge is -2.06. The van der Waals surface area contributed by atoms with Crippen molar-refractivity contribution in [2.45, 2.75) is 0 Å². The molecule has 0 atom stereocenters. The van der Waals surface area contributed by atoms with Gasteiger partial charge in [0, 0.05) is 16.6 Å². The summed E-state index contributed by atoms with van der Waals surface area (Å²) in [5.41, 5.74) is 0.541. The summed E-state index contributed by atoms with van der Waals surface area (Å²) in [7, 11) is 0. The van der Waals surface area contributed by atoms with Gasteiger partial charge >= 0.3 is 0 Å². The Morgan fingerprint density at radius 2 is 2.08 bits per heavy atom. The molecular formula is C16H9BrClN3O3. The molecule has 0 aliphatic rings. The van der Waals surface area contributed by atoms with Crippen molar-refractivity contribution in [1.29, 1.82) is 5.26 Å². The summed E-state index contributed by atoms with van der Waals surface area (Å²) in [4.78, 5) is 22.3. The van der Waals surface area contributed by atoms with Crippen molar-refractivity contribution >= 4 is 50.9 Å². The molecule has 0 bridgehead atoms. The maximum Gasteiger partial charge on any atom is 0.271 e. The lowest BCUT2D eigenvalue weighted by molar-refractivity contribution is -0.384. The second kappa shape index (κ2) is 7.73. The van der Waals surface area contributed by atoms with Gasteiger partial charge in [0.1, 0.15) is 11.6 Å². The molecule has 24 heavy (non-hydrogen) atoms. The molecule has 0 aliphatic carbocycles. The van der Waals surface area contributed by atoms with Crippen LogP contribution in [0.5, 0.6) is 0 Å². The minimum atomic E-state index is -0.659. The van der Waals surface area contributed by atoms with Crippen LogP contribution in [0.15, 0.2) is 52.5 Å². The zero-order valence-electron chi connectivity index (χ0n) is 12.0. The first-order chi connectivity index (χ1) is 11.4. The quantitative estimate of drug-likeness (QED) is 0.348. The van der Waals surface area contributed by atoms with Gasteiger partial charge in [0.25, 0.3) is 11.6 Å². The summed E-state index contributed by atoms with van der Waals surface area (Å²) < 4.78 is 0.812. The molecule has 120 valence electrons. The number of carbonyl (C=O) groups is 1. The van der Waals surface area contributed by atoms with Crippen LogP contribution in [0, 0.1) is 21.4 Å². The minimum Gasteiger partial charge on any atom is -0.320 e. The Morgan fingerprint density at radius 1 is 1.33 bits per heavy atom. The fraction of sp³-hybridized carbons (Fsp3) is 0. The van der Waals surface area contributed by atoms with Crippen LogP contribution in [-0.2, 0) is 4.79 Å². The molecule has 0 radical (unpaired) electrons. The number of hydrogen-bond donors (Lipinski definition) is 1. The Labute approximate surface area is 150 Å². The van der Waals surface area contributed by atoms with Crippen LogP contribution in [0.1, 0.15) is 5.56 Å². The maximum atomic E-state index is 12.2. The van der Waals surface area contributed by atoms with E-state index in [-0.39, 0.29) is 22.0 Å². The third kappa shape index (κ3) is 4.41. The normalized spacial score (nSPS) is 10.8. The smallest absolute Gasteiger partial charge is 0.271 e. The molecule has 1 N–H and O–H groups in total. The Morgan fingerprint density at radius 3 is 2.67 bits per heavy atom. The number of non-ortho nitro benzene ring substituents is 1. The van der Waals surface area contributed by atoms with Crippen LogP contribution in [-0.4, -0.2) is 10.8 Å². The topological polar surface area (TPSA) is 96.0 Å². The summed E-state index contributed by atoms with van der Waals surface area (Å²) in [6.07, 6.45) is 1.43. The van der Waals surface area contributed by atoms with Gasteiger partial charge in [0.05, 0.1) is 15.6 Å². The van der Waals surface area contributed by atoms with E-state index in [1.807, 2.05) is 12.1 Å². The average Bonchev–Trinajstić information content (AvgIpc) is 2.54. The zero-order chi connectivity index (χ0) is 17.7. The molecule has 2 aromatic carbocycles. The van der Waals surface area contributed by atoms with Gasteiger partial charge in [0.2, 0.25) is 0 Å². The Balaban J connectivity index is 2.24. The molecule has 6 nitrogen and oxygen atoms in total. The fourth-order valence-corrected chi connectivity index (χ4v) is 2.46. The van der Waals surface area contributed by atoms with Gasteiger partial charge in [-0.05, 0) is 29.8 Å². The predicted octanol–water partition coefficient (Wildman–Crippen LogP) is 4.56. The van der Waals surface area contributed by atoms with Gasteiger partial charge in [0.15, 0.2) is 0 Å². The van der Waals surface area contributed by atoms with Crippen molar-refractivity contribution in [3.63, 3.8) is 0 Å². The summed E-state index contributed by atoms with van der Waals surface area (Å²) in [5.74, 6) is -0.659. The number of nitriles is 1. The van der Waals surface area contributed by atoms with Gasteiger partial charge in [-0.2, -0.15) is 5.26 Å². The predicted molar refractivity (Wildman–Crippen MR) is 94.5 cm³/mol. The van der Waals surface area contributed by atoms with E-state index in [9.17, 15) is 20.2 Å². The van der Waals surface area contributed by atoms with Gasteiger partial charge in [-0.15, -0.1) is 0 Å². The molecular weight excluding hydrogens is 398 g/mol. The molecule has 0 saturated carbocycles. The van der Waals surface area contributed by atoms with Crippen LogP contribution in [0.4, 0.5) is 11.4 Å². The van der Waals surface area contributed by atoms with Gasteiger partial charge < -0.3 is 5.32 Å². The van der Waals surface area contributed by atoms with E-state index < -0.39 is 10.8 Å². The number of nitro groups is 1. The van der Waals surface area contributed by atoms with E-state index >= 15 is 0 Å². The second-order valence-corrected chi connectivity index (χ2v) is 5.92. The monoisotopic (exact) mass is 405 g/mol. The number of benzene rings is 2. The van der Waals surface area contributed by atoms with Crippen LogP contribution >= 0.6 is 27.5 Å². The summed E-state index contributed by atoms with van der Waals surface area (Å²) >= 11 is 9.23. The van der Waals surface area contributed by atoms with Crippen LogP contribution in [0.3, 0.4) is 0 Å². The van der Waals surface area contributed by atoms with E-state index in [0.717, 1.165) is 10.5 Å². The summed E-state index contributed by atoms with van der Waals surface area (Å²) in [5, 5.41) is 22.3. The number of carbonyl (C=O) groups excluding carboxylic acids is 1. The molecule has 0 aromatic heterocycles. The molecule has 0 spiro atoms. The largest absolute Gasteiger partial charge is 0.320 e. The first-order valence-corrected chi connectivity index (χ1v) is 7.70. The van der Waals surface area contributed by atoms with Gasteiger partial charge in [-0.1, -0.05) is 39.7 Å². The molecule has 0 unspecified atom stereocenters. The van der Waals surface area contributed by atoms with Crippen LogP contribution < -0.4 is 5.32 Å². The zero-order valence-corrected chi connectivity index (χ0v) is 14.3. The highest BCUT2D eigenvalue weighted by Gasteiger charge is 2.14. The second-order valence-electron chi connectivity index (χ2n) is 4.60. The molecule has 1 amide bonds. The first-order valence-electron chi connectivity index (χ1n) is 6.53. The molecule has 0 aliphatic heterocycles. The van der Waals surface area contributed by atoms with Crippen LogP contribution in [0.2, 0.25) is 5.02 Å². The van der Waals surface area contributed by atoms with Crippen molar-refractivity contribution in [2.24, 2.45) is 0 Å². The van der Waals surface area contributed by atoms with Gasteiger partial charge in [-0.25, -0.2) is 0 Å². The Hall–Kier alpha value is -2.69. The highest BCUT2D eigenvalue weighted by Crippen LogP contribution is 2.27. The van der Waals surface area contributed by atoms with E-state index in [1.54, 1.807) is 18.2 Å². The highest BCUT2D eigenvalue weighted by atomic mass is 79.9. The van der Waals surface area contributed by atoms with Crippen molar-refractivity contribution in [3.05, 3.63) is 73.2 Å². The number of hydrogen-bond acceptors (Lipinski definition) is 4. The van der Waals surface area contributed by atoms with Gasteiger partial charge in [-0.3, -0.25) is 14.9 Å². The van der Waals surface area contributed by atoms with Crippen molar-refractivity contribution in [2.75, 3.05) is 5.32 Å². The molecule has 2 aromatic rings. The van der Waals surface area contributed by atoms with E-state index in [4.69, 9.17) is 11.6 Å². The van der Waals surface area contributed by atoms with Crippen molar-refractivity contribution in [3.8, 4) is 6.07 Å². The van der Waals surface area contributed by atoms with E-state index in [2.05, 4.69) is 21.2 Å². The third-order valence-electron chi connectivity index (χ3n) is 2.94. The SMILES string of the molecule is N#CC(=Cc1cccc(Br)c1)C(=O)Nc1ccc([N+](=O)[O-])cc1Cl. The maximum absolute atomic E-state index is 12.2. The van der Waals surface area contributed by atoms with Crippen molar-refractivity contribution < 1.29 is 9.72 Å². The molecule has 2 rings (SSSR count). The molecule has 0 fully saturated rings. The van der Waals surface area contributed by atoms with E-state index in [0.29, 0.717) is 5.56 Å². The summed E-state index contributed by atoms with van der Waals surface area (Å²) in [6, 6.07) is 12.6. The van der Waals surface area contributed by atoms with Crippen molar-refractivity contribution in [1.82, 2.24) is 0 Å². The summed E-state index contributed by atoms with van der Waals surface area (Å²) in [6.45, 7) is 0. The number of rotatable bonds is 4. The minimum absolute atomic E-state index is 0.0114. The lowest BCUT2D eigenvalue weighted by atomic mass is 10.1. The number of nitrogens with zero attached hydrogens (tertiary/aromatic N) is 2. The number of nitrogens with one attached hydrogen (secondary N) is 1. The number of amides is 1. The number of anilines is 1. The number of halogens is 2. The van der Waals surface area contributed by atoms with Crippen LogP contribution in [0.25, 0.3) is 6.08 Å². The Bertz CT molecular complexity index is 890. The first kappa shape index (κ1) is 17.7. The third-order valence-corrected chi connectivity index (χ3v) is 3.74. The van der Waals surface area contributed by atoms with E-state index in [1.165, 1.54) is 18.2 Å². The fourth-order valence-electron chi connectivity index (χ4n) is 1.82. The standard InChI is InChI=1S/C16H9BrClN3O3/c17-12-3-1-2-10(7-12)6-11(9-19)16(22)20-15-5-4-13(21(23)24)8-14(15)18/h1-8H,(H,20,22). The molecule has 0 saturated heterocycles. The lowest BCUT2D eigenvalue weighted by Crippen LogP contribution is -2.13. The Kier molecular flexibility index (Phi) is 5.68. The molecule has 8 heteroatoms. The number of nitro benzene ring substituents is 1. The highest BCUT2D eigenvalue weighted by molar-refractivity contribution is 9.10. The molecule has 0 heterocycles. The average molecular weight is 407 g/mol.